The van der Waals surface area contributed by atoms with E-state index in [2.05, 4.69) is 10.2 Å². The molecule has 0 bridgehead atoms. The number of nitrogens with one attached hydrogen (secondary N) is 1. The number of anilines is 1. The number of benzene rings is 2. The molecule has 0 saturated carbocycles. The van der Waals surface area contributed by atoms with E-state index in [1.807, 2.05) is 47.8 Å². The Kier molecular flexibility index (Phi) is 9.43. The van der Waals surface area contributed by atoms with Crippen LogP contribution in [0.3, 0.4) is 0 Å². The van der Waals surface area contributed by atoms with E-state index in [4.69, 9.17) is 14.6 Å². The largest absolute Gasteiger partial charge is 0.490 e. The lowest BCUT2D eigenvalue weighted by Gasteiger charge is -2.32. The molecule has 0 spiro atoms. The third-order valence-electron chi connectivity index (χ3n) is 5.26. The van der Waals surface area contributed by atoms with Crippen molar-refractivity contribution in [3.63, 3.8) is 0 Å². The van der Waals surface area contributed by atoms with Gasteiger partial charge in [0.05, 0.1) is 4.88 Å². The summed E-state index contributed by atoms with van der Waals surface area (Å²) in [4.78, 5) is 24.1. The first kappa shape index (κ1) is 27.2. The van der Waals surface area contributed by atoms with Crippen LogP contribution in [0.4, 0.5) is 23.2 Å². The Morgan fingerprint density at radius 2 is 1.64 bits per heavy atom. The summed E-state index contributed by atoms with van der Waals surface area (Å²) in [6.45, 7) is 2.75. The number of carboxylic acids is 1. The molecule has 36 heavy (non-hydrogen) atoms. The standard InChI is InChI=1S/C23H23FN2O2S.C2HF3O2/c24-18-5-3-17(4-6-18)16-26-13-11-21(12-14-26)28-20-9-7-19(8-10-20)25-23(27)22-2-1-15-29-22;3-2(4,5)1(6)7/h1-10,15,21H,11-14,16H2,(H,25,27);(H,6,7). The zero-order chi connectivity index (χ0) is 26.1. The van der Waals surface area contributed by atoms with Crippen LogP contribution in [0, 0.1) is 5.82 Å². The number of ether oxygens (including phenoxy) is 1. The van der Waals surface area contributed by atoms with E-state index in [1.54, 1.807) is 6.07 Å². The zero-order valence-electron chi connectivity index (χ0n) is 19.0. The van der Waals surface area contributed by atoms with Gasteiger partial charge in [-0.15, -0.1) is 11.3 Å². The molecule has 1 fully saturated rings. The van der Waals surface area contributed by atoms with Crippen molar-refractivity contribution < 1.29 is 37.0 Å². The van der Waals surface area contributed by atoms with Crippen molar-refractivity contribution in [2.24, 2.45) is 0 Å². The number of hydrogen-bond acceptors (Lipinski definition) is 5. The van der Waals surface area contributed by atoms with Crippen LogP contribution >= 0.6 is 11.3 Å². The number of carbonyl (C=O) groups is 2. The van der Waals surface area contributed by atoms with Gasteiger partial charge >= 0.3 is 12.1 Å². The third-order valence-corrected chi connectivity index (χ3v) is 6.13. The zero-order valence-corrected chi connectivity index (χ0v) is 19.8. The monoisotopic (exact) mass is 524 g/mol. The molecule has 1 saturated heterocycles. The summed E-state index contributed by atoms with van der Waals surface area (Å²) in [7, 11) is 0. The first-order valence-corrected chi connectivity index (χ1v) is 11.9. The van der Waals surface area contributed by atoms with Crippen LogP contribution in [0.5, 0.6) is 5.75 Å². The van der Waals surface area contributed by atoms with E-state index in [9.17, 15) is 22.4 Å². The number of alkyl halides is 3. The normalized spacial score (nSPS) is 14.4. The second-order valence-corrected chi connectivity index (χ2v) is 8.93. The maximum Gasteiger partial charge on any atom is 0.490 e. The number of halogens is 4. The van der Waals surface area contributed by atoms with Crippen molar-refractivity contribution in [2.75, 3.05) is 18.4 Å². The van der Waals surface area contributed by atoms with Crippen molar-refractivity contribution >= 4 is 28.9 Å². The van der Waals surface area contributed by atoms with E-state index in [0.717, 1.165) is 49.5 Å². The summed E-state index contributed by atoms with van der Waals surface area (Å²) < 4.78 is 50.9. The molecule has 1 aliphatic rings. The van der Waals surface area contributed by atoms with Gasteiger partial charge in [-0.05, 0) is 66.2 Å². The van der Waals surface area contributed by atoms with Gasteiger partial charge in [0.15, 0.2) is 0 Å². The lowest BCUT2D eigenvalue weighted by atomic mass is 10.1. The van der Waals surface area contributed by atoms with E-state index in [-0.39, 0.29) is 17.8 Å². The molecule has 3 aromatic rings. The van der Waals surface area contributed by atoms with Crippen LogP contribution in [0.25, 0.3) is 0 Å². The number of likely N-dealkylation sites (tertiary alicyclic amines) is 1. The Bertz CT molecular complexity index is 1110. The lowest BCUT2D eigenvalue weighted by Crippen LogP contribution is -2.37. The molecule has 0 unspecified atom stereocenters. The van der Waals surface area contributed by atoms with Crippen molar-refractivity contribution in [1.29, 1.82) is 0 Å². The fourth-order valence-corrected chi connectivity index (χ4v) is 4.06. The summed E-state index contributed by atoms with van der Waals surface area (Å²) in [6.07, 6.45) is -2.98. The molecule has 1 aliphatic heterocycles. The molecule has 1 amide bonds. The first-order chi connectivity index (χ1) is 17.1. The highest BCUT2D eigenvalue weighted by Crippen LogP contribution is 2.23. The highest BCUT2D eigenvalue weighted by molar-refractivity contribution is 7.12. The number of amides is 1. The average molecular weight is 525 g/mol. The highest BCUT2D eigenvalue weighted by Gasteiger charge is 2.38. The molecule has 0 atom stereocenters. The third kappa shape index (κ3) is 8.65. The van der Waals surface area contributed by atoms with E-state index in [0.29, 0.717) is 4.88 Å². The van der Waals surface area contributed by atoms with Gasteiger partial charge < -0.3 is 15.2 Å². The number of hydrogen-bond donors (Lipinski definition) is 2. The van der Waals surface area contributed by atoms with Gasteiger partial charge in [0.2, 0.25) is 0 Å². The molecule has 0 aliphatic carbocycles. The fraction of sp³-hybridized carbons (Fsp3) is 0.280. The summed E-state index contributed by atoms with van der Waals surface area (Å²) in [5.41, 5.74) is 1.89. The molecule has 11 heteroatoms. The molecule has 2 heterocycles. The molecule has 2 aromatic carbocycles. The average Bonchev–Trinajstić information content (AvgIpc) is 3.38. The number of aliphatic carboxylic acids is 1. The van der Waals surface area contributed by atoms with Crippen LogP contribution in [-0.4, -0.2) is 47.3 Å². The van der Waals surface area contributed by atoms with E-state index < -0.39 is 12.1 Å². The van der Waals surface area contributed by atoms with Crippen molar-refractivity contribution in [3.8, 4) is 5.75 Å². The first-order valence-electron chi connectivity index (χ1n) is 11.0. The second-order valence-electron chi connectivity index (χ2n) is 7.98. The number of piperidine rings is 1. The van der Waals surface area contributed by atoms with E-state index >= 15 is 0 Å². The predicted octanol–water partition coefficient (Wildman–Crippen LogP) is 5.82. The number of carboxylic acid groups (broad SMARTS) is 1. The number of carbonyl (C=O) groups excluding carboxylic acids is 1. The summed E-state index contributed by atoms with van der Waals surface area (Å²) in [5, 5.41) is 11.9. The smallest absolute Gasteiger partial charge is 0.490 e. The summed E-state index contributed by atoms with van der Waals surface area (Å²) >= 11 is 1.42. The molecular weight excluding hydrogens is 500 g/mol. The maximum absolute atomic E-state index is 13.0. The van der Waals surface area contributed by atoms with Gasteiger partial charge in [-0.2, -0.15) is 13.2 Å². The molecule has 1 aromatic heterocycles. The highest BCUT2D eigenvalue weighted by atomic mass is 32.1. The van der Waals surface area contributed by atoms with Crippen LogP contribution in [0.15, 0.2) is 66.0 Å². The van der Waals surface area contributed by atoms with Gasteiger partial charge in [0, 0.05) is 25.3 Å². The van der Waals surface area contributed by atoms with Crippen molar-refractivity contribution in [1.82, 2.24) is 4.90 Å². The molecule has 2 N–H and O–H groups in total. The minimum absolute atomic E-state index is 0.0952. The van der Waals surface area contributed by atoms with E-state index in [1.165, 1.54) is 23.5 Å². The van der Waals surface area contributed by atoms with Gasteiger partial charge in [-0.1, -0.05) is 18.2 Å². The second kappa shape index (κ2) is 12.5. The number of nitrogens with zero attached hydrogens (tertiary/aromatic N) is 1. The quantitative estimate of drug-likeness (QED) is 0.398. The maximum atomic E-state index is 13.0. The topological polar surface area (TPSA) is 78.9 Å². The Labute approximate surface area is 209 Å². The SMILES string of the molecule is O=C(Nc1ccc(OC2CCN(Cc3ccc(F)cc3)CC2)cc1)c1cccs1.O=C(O)C(F)(F)F. The van der Waals surface area contributed by atoms with Gasteiger partial charge in [0.25, 0.3) is 5.91 Å². The van der Waals surface area contributed by atoms with Gasteiger partial charge in [0.1, 0.15) is 17.7 Å². The van der Waals surface area contributed by atoms with Crippen LogP contribution < -0.4 is 10.1 Å². The summed E-state index contributed by atoms with van der Waals surface area (Å²) in [5.74, 6) is -2.23. The Morgan fingerprint density at radius 3 is 2.17 bits per heavy atom. The molecule has 6 nitrogen and oxygen atoms in total. The minimum atomic E-state index is -5.08. The molecule has 4 rings (SSSR count). The number of rotatable bonds is 6. The molecular formula is C25H24F4N2O4S. The lowest BCUT2D eigenvalue weighted by molar-refractivity contribution is -0.192. The van der Waals surface area contributed by atoms with Gasteiger partial charge in [-0.3, -0.25) is 9.69 Å². The Balaban J connectivity index is 0.000000454. The van der Waals surface area contributed by atoms with Crippen molar-refractivity contribution in [3.05, 3.63) is 82.3 Å². The Morgan fingerprint density at radius 1 is 1.03 bits per heavy atom. The minimum Gasteiger partial charge on any atom is -0.490 e. The van der Waals surface area contributed by atoms with Crippen molar-refractivity contribution in [2.45, 2.75) is 31.7 Å². The van der Waals surface area contributed by atoms with Crippen LogP contribution in [0.2, 0.25) is 0 Å². The van der Waals surface area contributed by atoms with Crippen LogP contribution in [-0.2, 0) is 11.3 Å². The number of thiophene rings is 1. The Hall–Kier alpha value is -3.44. The fourth-order valence-electron chi connectivity index (χ4n) is 3.44. The predicted molar refractivity (Wildman–Crippen MR) is 128 cm³/mol. The summed E-state index contributed by atoms with van der Waals surface area (Å²) in [6, 6.07) is 17.9. The molecule has 192 valence electrons. The van der Waals surface area contributed by atoms with Gasteiger partial charge in [-0.25, -0.2) is 9.18 Å². The van der Waals surface area contributed by atoms with Crippen LogP contribution in [0.1, 0.15) is 28.1 Å². The molecule has 0 radical (unpaired) electrons.